The maximum absolute atomic E-state index is 11.2. The van der Waals surface area contributed by atoms with E-state index in [1.807, 2.05) is 0 Å². The number of fused-ring (bicyclic) bond motifs is 1. The Balaban J connectivity index is 1.31. The average molecular weight is 308 g/mol. The highest BCUT2D eigenvalue weighted by atomic mass is 16.6. The van der Waals surface area contributed by atoms with Crippen molar-refractivity contribution < 1.29 is 14.3 Å². The minimum absolute atomic E-state index is 0.259. The fourth-order valence-corrected chi connectivity index (χ4v) is 3.46. The fourth-order valence-electron chi connectivity index (χ4n) is 3.46. The molecule has 1 aliphatic heterocycles. The lowest BCUT2D eigenvalue weighted by Crippen LogP contribution is -2.13. The van der Waals surface area contributed by atoms with Gasteiger partial charge in [-0.2, -0.15) is 0 Å². The largest absolute Gasteiger partial charge is 0.462 e. The standard InChI is InChI=1S/C19H32O3/c1-15(2)19(20)21-13-9-7-5-3-4-6-8-10-16-11-12-17-18(14-16)22-17/h16-18H,1,3-14H2,2H3. The highest BCUT2D eigenvalue weighted by Crippen LogP contribution is 2.41. The summed E-state index contributed by atoms with van der Waals surface area (Å²) in [6, 6.07) is 0. The summed E-state index contributed by atoms with van der Waals surface area (Å²) in [7, 11) is 0. The number of esters is 1. The Morgan fingerprint density at radius 1 is 1.05 bits per heavy atom. The monoisotopic (exact) mass is 308 g/mol. The van der Waals surface area contributed by atoms with Gasteiger partial charge < -0.3 is 9.47 Å². The molecular formula is C19H32O3. The van der Waals surface area contributed by atoms with Crippen molar-refractivity contribution >= 4 is 5.97 Å². The van der Waals surface area contributed by atoms with Crippen molar-refractivity contribution in [2.24, 2.45) is 5.92 Å². The molecular weight excluding hydrogens is 276 g/mol. The minimum Gasteiger partial charge on any atom is -0.462 e. The minimum atomic E-state index is -0.259. The van der Waals surface area contributed by atoms with Crippen molar-refractivity contribution in [2.45, 2.75) is 89.8 Å². The zero-order valence-electron chi connectivity index (χ0n) is 14.1. The van der Waals surface area contributed by atoms with Crippen molar-refractivity contribution in [2.75, 3.05) is 6.61 Å². The van der Waals surface area contributed by atoms with Crippen LogP contribution in [0.25, 0.3) is 0 Å². The lowest BCUT2D eigenvalue weighted by Gasteiger charge is -2.18. The Bertz CT molecular complexity index is 364. The molecule has 1 aliphatic carbocycles. The zero-order valence-corrected chi connectivity index (χ0v) is 14.1. The van der Waals surface area contributed by atoms with E-state index in [-0.39, 0.29) is 5.97 Å². The maximum Gasteiger partial charge on any atom is 0.333 e. The lowest BCUT2D eigenvalue weighted by molar-refractivity contribution is -0.139. The number of rotatable bonds is 11. The van der Waals surface area contributed by atoms with Gasteiger partial charge in [-0.1, -0.05) is 51.5 Å². The molecule has 2 fully saturated rings. The van der Waals surface area contributed by atoms with Crippen LogP contribution in [0.5, 0.6) is 0 Å². The number of hydrogen-bond donors (Lipinski definition) is 0. The van der Waals surface area contributed by atoms with E-state index in [9.17, 15) is 4.79 Å². The second kappa shape index (κ2) is 9.34. The van der Waals surface area contributed by atoms with E-state index in [0.717, 1.165) is 18.8 Å². The van der Waals surface area contributed by atoms with Crippen LogP contribution < -0.4 is 0 Å². The molecule has 0 amide bonds. The van der Waals surface area contributed by atoms with Gasteiger partial charge in [0.15, 0.2) is 0 Å². The number of carbonyl (C=O) groups is 1. The highest BCUT2D eigenvalue weighted by molar-refractivity contribution is 5.86. The fraction of sp³-hybridized carbons (Fsp3) is 0.842. The first kappa shape index (κ1) is 17.5. The Kier molecular flexibility index (Phi) is 7.44. The van der Waals surface area contributed by atoms with Crippen molar-refractivity contribution in [1.82, 2.24) is 0 Å². The molecule has 2 rings (SSSR count). The van der Waals surface area contributed by atoms with E-state index in [1.165, 1.54) is 57.8 Å². The molecule has 3 nitrogen and oxygen atoms in total. The molecule has 1 heterocycles. The number of hydrogen-bond acceptors (Lipinski definition) is 3. The van der Waals surface area contributed by atoms with Crippen LogP contribution in [-0.2, 0) is 14.3 Å². The summed E-state index contributed by atoms with van der Waals surface area (Å²) >= 11 is 0. The van der Waals surface area contributed by atoms with Crippen molar-refractivity contribution in [1.29, 1.82) is 0 Å². The molecule has 126 valence electrons. The molecule has 0 aromatic heterocycles. The summed E-state index contributed by atoms with van der Waals surface area (Å²) in [6.07, 6.45) is 15.5. The Morgan fingerprint density at radius 3 is 2.41 bits per heavy atom. The molecule has 0 radical (unpaired) electrons. The normalized spacial score (nSPS) is 26.3. The topological polar surface area (TPSA) is 38.8 Å². The summed E-state index contributed by atoms with van der Waals surface area (Å²) in [6.45, 7) is 5.80. The molecule has 3 heteroatoms. The Labute approximate surface area is 135 Å². The predicted octanol–water partition coefficient (Wildman–Crippen LogP) is 4.79. The molecule has 2 aliphatic rings. The van der Waals surface area contributed by atoms with E-state index in [2.05, 4.69) is 6.58 Å². The van der Waals surface area contributed by atoms with E-state index in [1.54, 1.807) is 6.92 Å². The number of unbranched alkanes of at least 4 members (excludes halogenated alkanes) is 6. The van der Waals surface area contributed by atoms with Crippen molar-refractivity contribution in [3.05, 3.63) is 12.2 Å². The molecule has 0 bridgehead atoms. The van der Waals surface area contributed by atoms with Gasteiger partial charge in [-0.3, -0.25) is 0 Å². The molecule has 3 atom stereocenters. The lowest BCUT2D eigenvalue weighted by atomic mass is 9.85. The van der Waals surface area contributed by atoms with Gasteiger partial charge in [0.2, 0.25) is 0 Å². The second-order valence-corrected chi connectivity index (χ2v) is 7.07. The van der Waals surface area contributed by atoms with Gasteiger partial charge in [-0.15, -0.1) is 0 Å². The quantitative estimate of drug-likeness (QED) is 0.238. The zero-order chi connectivity index (χ0) is 15.8. The van der Waals surface area contributed by atoms with Gasteiger partial charge in [0.05, 0.1) is 18.8 Å². The van der Waals surface area contributed by atoms with Gasteiger partial charge in [0.1, 0.15) is 0 Å². The van der Waals surface area contributed by atoms with Crippen LogP contribution in [0.3, 0.4) is 0 Å². The summed E-state index contributed by atoms with van der Waals surface area (Å²) in [5.74, 6) is 0.678. The predicted molar refractivity (Wildman–Crippen MR) is 88.7 cm³/mol. The molecule has 22 heavy (non-hydrogen) atoms. The second-order valence-electron chi connectivity index (χ2n) is 7.07. The van der Waals surface area contributed by atoms with Crippen LogP contribution >= 0.6 is 0 Å². The first-order valence-corrected chi connectivity index (χ1v) is 9.15. The van der Waals surface area contributed by atoms with Gasteiger partial charge in [0, 0.05) is 5.57 Å². The van der Waals surface area contributed by atoms with Crippen LogP contribution in [0.4, 0.5) is 0 Å². The van der Waals surface area contributed by atoms with Crippen LogP contribution in [0.1, 0.15) is 77.6 Å². The first-order chi connectivity index (χ1) is 10.7. The number of epoxide rings is 1. The molecule has 0 aromatic carbocycles. The summed E-state index contributed by atoms with van der Waals surface area (Å²) < 4.78 is 10.7. The summed E-state index contributed by atoms with van der Waals surface area (Å²) in [5.41, 5.74) is 0.488. The third kappa shape index (κ3) is 6.51. The summed E-state index contributed by atoms with van der Waals surface area (Å²) in [5, 5.41) is 0. The molecule has 1 saturated heterocycles. The third-order valence-electron chi connectivity index (χ3n) is 4.95. The maximum atomic E-state index is 11.2. The van der Waals surface area contributed by atoms with E-state index in [4.69, 9.17) is 9.47 Å². The van der Waals surface area contributed by atoms with Gasteiger partial charge >= 0.3 is 5.97 Å². The van der Waals surface area contributed by atoms with Gasteiger partial charge in [0.25, 0.3) is 0 Å². The van der Waals surface area contributed by atoms with Gasteiger partial charge in [-0.25, -0.2) is 4.79 Å². The summed E-state index contributed by atoms with van der Waals surface area (Å²) in [4.78, 5) is 11.2. The van der Waals surface area contributed by atoms with Crippen LogP contribution in [0.15, 0.2) is 12.2 Å². The Hall–Kier alpha value is -0.830. The van der Waals surface area contributed by atoms with E-state index < -0.39 is 0 Å². The third-order valence-corrected chi connectivity index (χ3v) is 4.95. The SMILES string of the molecule is C=C(C)C(=O)OCCCCCCCCCC1CCC2OC2C1. The van der Waals surface area contributed by atoms with E-state index in [0.29, 0.717) is 24.4 Å². The van der Waals surface area contributed by atoms with E-state index >= 15 is 0 Å². The molecule has 0 spiro atoms. The number of carbonyl (C=O) groups excluding carboxylic acids is 1. The van der Waals surface area contributed by atoms with Crippen molar-refractivity contribution in [3.8, 4) is 0 Å². The Morgan fingerprint density at radius 2 is 1.73 bits per heavy atom. The highest BCUT2D eigenvalue weighted by Gasteiger charge is 2.43. The molecule has 3 unspecified atom stereocenters. The molecule has 0 aromatic rings. The van der Waals surface area contributed by atoms with Crippen LogP contribution in [0, 0.1) is 5.92 Å². The molecule has 1 saturated carbocycles. The van der Waals surface area contributed by atoms with Gasteiger partial charge in [-0.05, 0) is 38.5 Å². The van der Waals surface area contributed by atoms with Crippen LogP contribution in [-0.4, -0.2) is 24.8 Å². The van der Waals surface area contributed by atoms with Crippen molar-refractivity contribution in [3.63, 3.8) is 0 Å². The number of ether oxygens (including phenoxy) is 2. The first-order valence-electron chi connectivity index (χ1n) is 9.15. The van der Waals surface area contributed by atoms with Crippen LogP contribution in [0.2, 0.25) is 0 Å². The molecule has 0 N–H and O–H groups in total. The average Bonchev–Trinajstić information content (AvgIpc) is 3.27. The smallest absolute Gasteiger partial charge is 0.333 e.